The Morgan fingerprint density at radius 3 is 2.46 bits per heavy atom. The van der Waals surface area contributed by atoms with Crippen molar-refractivity contribution >= 4 is 15.8 Å². The van der Waals surface area contributed by atoms with E-state index in [1.807, 2.05) is 44.2 Å². The molecular weight excluding hydrogens is 518 g/mol. The second-order valence-electron chi connectivity index (χ2n) is 11.1. The fourth-order valence-corrected chi connectivity index (χ4v) is 7.25. The van der Waals surface area contributed by atoms with Gasteiger partial charge < -0.3 is 19.3 Å². The molecule has 0 spiro atoms. The van der Waals surface area contributed by atoms with Crippen molar-refractivity contribution in [3.8, 4) is 5.75 Å². The van der Waals surface area contributed by atoms with Crippen LogP contribution in [0.3, 0.4) is 0 Å². The molecule has 1 N–H and O–H groups in total. The van der Waals surface area contributed by atoms with Crippen LogP contribution in [-0.2, 0) is 30.7 Å². The summed E-state index contributed by atoms with van der Waals surface area (Å²) in [6, 6.07) is 16.0. The van der Waals surface area contributed by atoms with Crippen LogP contribution < -0.4 is 4.74 Å². The first-order valence-corrected chi connectivity index (χ1v) is 15.2. The minimum atomic E-state index is -3.88. The van der Waals surface area contributed by atoms with Crippen molar-refractivity contribution in [3.05, 3.63) is 60.2 Å². The summed E-state index contributed by atoms with van der Waals surface area (Å²) >= 11 is 0. The summed E-state index contributed by atoms with van der Waals surface area (Å²) in [5.74, 6) is 0.593. The van der Waals surface area contributed by atoms with E-state index in [1.54, 1.807) is 12.1 Å². The molecule has 2 aliphatic heterocycles. The maximum absolute atomic E-state index is 13.6. The lowest BCUT2D eigenvalue weighted by Crippen LogP contribution is -2.43. The van der Waals surface area contributed by atoms with E-state index in [1.165, 1.54) is 23.5 Å². The number of hydrogen-bond acceptors (Lipinski definition) is 7. The maximum Gasteiger partial charge on any atom is 0.243 e. The minimum absolute atomic E-state index is 0.0448. The highest BCUT2D eigenvalue weighted by molar-refractivity contribution is 7.89. The van der Waals surface area contributed by atoms with Crippen molar-refractivity contribution in [2.45, 2.75) is 56.8 Å². The van der Waals surface area contributed by atoms with Crippen molar-refractivity contribution in [1.29, 1.82) is 0 Å². The van der Waals surface area contributed by atoms with Crippen LogP contribution in [0, 0.1) is 23.7 Å². The molecule has 0 unspecified atom stereocenters. The Morgan fingerprint density at radius 1 is 1.08 bits per heavy atom. The van der Waals surface area contributed by atoms with Crippen LogP contribution in [0.5, 0.6) is 5.75 Å². The normalized spacial score (nSPS) is 22.7. The van der Waals surface area contributed by atoms with Gasteiger partial charge in [-0.2, -0.15) is 4.31 Å². The summed E-state index contributed by atoms with van der Waals surface area (Å²) in [4.78, 5) is 13.4. The van der Waals surface area contributed by atoms with Crippen molar-refractivity contribution in [3.63, 3.8) is 0 Å². The molecule has 39 heavy (non-hydrogen) atoms. The Bertz CT molecular complexity index is 1170. The SMILES string of the molecule is COc1ccc(S(=O)(=O)N(CC(C)C)C[C@@H](O)[C@@H](CC(=O)C[C@@H]2CO[C@@H]3OCC[C@H]23)Cc2ccccc2)cc1. The van der Waals surface area contributed by atoms with Gasteiger partial charge in [0.15, 0.2) is 6.29 Å². The monoisotopic (exact) mass is 559 g/mol. The van der Waals surface area contributed by atoms with E-state index >= 15 is 0 Å². The number of ketones is 1. The standard InChI is InChI=1S/C30H41NO7S/c1-21(2)18-31(39(34,35)27-11-9-26(36-3)10-12-27)19-29(33)23(15-22-7-5-4-6-8-22)16-25(32)17-24-20-38-30-28(24)13-14-37-30/h4-12,21,23-24,28-30,33H,13-20H2,1-3H3/t23-,24-,28-,29-,30+/m1/s1. The quantitative estimate of drug-likeness (QED) is 0.374. The number of methoxy groups -OCH3 is 1. The van der Waals surface area contributed by atoms with Gasteiger partial charge in [-0.15, -0.1) is 0 Å². The molecule has 214 valence electrons. The lowest BCUT2D eigenvalue weighted by molar-refractivity contribution is -0.122. The highest BCUT2D eigenvalue weighted by atomic mass is 32.2. The molecule has 5 atom stereocenters. The number of hydrogen-bond donors (Lipinski definition) is 1. The number of nitrogens with zero attached hydrogens (tertiary/aromatic N) is 1. The molecule has 2 aromatic rings. The largest absolute Gasteiger partial charge is 0.497 e. The number of benzene rings is 2. The van der Waals surface area contributed by atoms with Crippen molar-refractivity contribution < 1.29 is 32.5 Å². The number of carbonyl (C=O) groups excluding carboxylic acids is 1. The zero-order chi connectivity index (χ0) is 28.0. The third-order valence-corrected chi connectivity index (χ3v) is 9.53. The molecule has 2 heterocycles. The summed E-state index contributed by atoms with van der Waals surface area (Å²) in [6.45, 7) is 5.20. The Hall–Kier alpha value is -2.30. The Labute approximate surface area is 232 Å². The van der Waals surface area contributed by atoms with Crippen LogP contribution in [0.1, 0.15) is 38.7 Å². The van der Waals surface area contributed by atoms with Gasteiger partial charge in [0, 0.05) is 31.8 Å². The van der Waals surface area contributed by atoms with Gasteiger partial charge in [0.1, 0.15) is 11.5 Å². The van der Waals surface area contributed by atoms with Crippen molar-refractivity contribution in [2.75, 3.05) is 33.4 Å². The average molecular weight is 560 g/mol. The summed E-state index contributed by atoms with van der Waals surface area (Å²) in [5.41, 5.74) is 0.997. The molecule has 9 heteroatoms. The topological polar surface area (TPSA) is 102 Å². The summed E-state index contributed by atoms with van der Waals surface area (Å²) in [6.07, 6.45) is 0.684. The van der Waals surface area contributed by atoms with E-state index in [0.717, 1.165) is 12.0 Å². The number of Topliss-reactive ketones (excluding diaryl/α,β-unsaturated/α-hetero) is 1. The predicted octanol–water partition coefficient (Wildman–Crippen LogP) is 3.92. The van der Waals surface area contributed by atoms with Gasteiger partial charge in [-0.05, 0) is 60.4 Å². The first-order valence-electron chi connectivity index (χ1n) is 13.8. The van der Waals surface area contributed by atoms with Crippen LogP contribution in [-0.4, -0.2) is 69.4 Å². The minimum Gasteiger partial charge on any atom is -0.497 e. The number of sulfonamides is 1. The zero-order valence-corrected chi connectivity index (χ0v) is 23.9. The van der Waals surface area contributed by atoms with Gasteiger partial charge in [-0.3, -0.25) is 4.79 Å². The number of aliphatic hydroxyl groups excluding tert-OH is 1. The third-order valence-electron chi connectivity index (χ3n) is 7.68. The van der Waals surface area contributed by atoms with E-state index in [-0.39, 0.29) is 54.2 Å². The second-order valence-corrected chi connectivity index (χ2v) is 13.1. The molecule has 4 rings (SSSR count). The molecule has 2 saturated heterocycles. The van der Waals surface area contributed by atoms with E-state index in [0.29, 0.717) is 31.8 Å². The summed E-state index contributed by atoms with van der Waals surface area (Å²) in [7, 11) is -2.35. The molecule has 0 amide bonds. The number of fused-ring (bicyclic) bond motifs is 1. The van der Waals surface area contributed by atoms with Crippen LogP contribution in [0.4, 0.5) is 0 Å². The van der Waals surface area contributed by atoms with E-state index in [4.69, 9.17) is 14.2 Å². The van der Waals surface area contributed by atoms with Gasteiger partial charge in [-0.1, -0.05) is 44.2 Å². The lowest BCUT2D eigenvalue weighted by Gasteiger charge is -2.30. The molecule has 0 saturated carbocycles. The fourth-order valence-electron chi connectivity index (χ4n) is 5.62. The van der Waals surface area contributed by atoms with Gasteiger partial charge in [0.05, 0.1) is 31.3 Å². The van der Waals surface area contributed by atoms with Crippen LogP contribution in [0.15, 0.2) is 59.5 Å². The van der Waals surface area contributed by atoms with Crippen LogP contribution in [0.2, 0.25) is 0 Å². The zero-order valence-electron chi connectivity index (χ0n) is 23.1. The molecule has 0 radical (unpaired) electrons. The number of carbonyl (C=O) groups is 1. The summed E-state index contributed by atoms with van der Waals surface area (Å²) < 4.78 is 45.1. The molecule has 0 bridgehead atoms. The third kappa shape index (κ3) is 7.67. The van der Waals surface area contributed by atoms with Crippen molar-refractivity contribution in [2.24, 2.45) is 23.7 Å². The molecule has 8 nitrogen and oxygen atoms in total. The maximum atomic E-state index is 13.6. The first kappa shape index (κ1) is 29.7. The molecule has 2 aromatic carbocycles. The van der Waals surface area contributed by atoms with Crippen LogP contribution >= 0.6 is 0 Å². The number of ether oxygens (including phenoxy) is 3. The first-order chi connectivity index (χ1) is 18.7. The second kappa shape index (κ2) is 13.4. The van der Waals surface area contributed by atoms with E-state index < -0.39 is 22.0 Å². The van der Waals surface area contributed by atoms with Gasteiger partial charge >= 0.3 is 0 Å². The highest BCUT2D eigenvalue weighted by Gasteiger charge is 2.42. The smallest absolute Gasteiger partial charge is 0.243 e. The lowest BCUT2D eigenvalue weighted by atomic mass is 9.84. The Kier molecular flexibility index (Phi) is 10.2. The molecule has 2 aliphatic rings. The average Bonchev–Trinajstić information content (AvgIpc) is 3.53. The highest BCUT2D eigenvalue weighted by Crippen LogP contribution is 2.38. The Balaban J connectivity index is 1.51. The number of rotatable bonds is 14. The molecular formula is C30H41NO7S. The Morgan fingerprint density at radius 2 is 1.79 bits per heavy atom. The molecule has 0 aliphatic carbocycles. The fraction of sp³-hybridized carbons (Fsp3) is 0.567. The number of aliphatic hydroxyl groups is 1. The van der Waals surface area contributed by atoms with E-state index in [2.05, 4.69) is 0 Å². The molecule has 0 aromatic heterocycles. The van der Waals surface area contributed by atoms with Gasteiger partial charge in [0.25, 0.3) is 0 Å². The van der Waals surface area contributed by atoms with E-state index in [9.17, 15) is 18.3 Å². The van der Waals surface area contributed by atoms with Crippen molar-refractivity contribution in [1.82, 2.24) is 4.31 Å². The van der Waals surface area contributed by atoms with Crippen LogP contribution in [0.25, 0.3) is 0 Å². The van der Waals surface area contributed by atoms with Gasteiger partial charge in [0.2, 0.25) is 10.0 Å². The predicted molar refractivity (Wildman–Crippen MR) is 148 cm³/mol. The summed E-state index contributed by atoms with van der Waals surface area (Å²) in [5, 5.41) is 11.5. The molecule has 2 fully saturated rings. The van der Waals surface area contributed by atoms with Gasteiger partial charge in [-0.25, -0.2) is 8.42 Å².